The lowest BCUT2D eigenvalue weighted by molar-refractivity contribution is 0.414. The molecule has 3 aromatic rings. The predicted octanol–water partition coefficient (Wildman–Crippen LogP) is 8.98. The first-order chi connectivity index (χ1) is 17.6. The predicted molar refractivity (Wildman–Crippen MR) is 152 cm³/mol. The summed E-state index contributed by atoms with van der Waals surface area (Å²) in [6, 6.07) is 24.3. The molecule has 6 rings (SSSR count). The minimum Gasteiger partial charge on any atom is -0.497 e. The van der Waals surface area contributed by atoms with Crippen LogP contribution in [-0.4, -0.2) is 17.2 Å². The van der Waals surface area contributed by atoms with E-state index < -0.39 is 0 Å². The van der Waals surface area contributed by atoms with Crippen molar-refractivity contribution in [2.24, 2.45) is 4.99 Å². The normalized spacial score (nSPS) is 20.1. The number of benzene rings is 3. The summed E-state index contributed by atoms with van der Waals surface area (Å²) in [5, 5.41) is 4.69. The Balaban J connectivity index is 1.50. The zero-order valence-electron chi connectivity index (χ0n) is 19.7. The van der Waals surface area contributed by atoms with Crippen molar-refractivity contribution in [1.29, 1.82) is 0 Å². The first kappa shape index (κ1) is 23.5. The highest BCUT2D eigenvalue weighted by molar-refractivity contribution is 8.16. The summed E-state index contributed by atoms with van der Waals surface area (Å²) in [4.78, 5) is 7.59. The highest BCUT2D eigenvalue weighted by Gasteiger charge is 2.40. The van der Waals surface area contributed by atoms with Crippen LogP contribution in [0, 0.1) is 0 Å². The Kier molecular flexibility index (Phi) is 6.43. The molecule has 0 saturated heterocycles. The average molecular weight is 532 g/mol. The smallest absolute Gasteiger partial charge is 0.174 e. The van der Waals surface area contributed by atoms with Gasteiger partial charge in [-0.15, -0.1) is 0 Å². The molecule has 3 nitrogen and oxygen atoms in total. The minimum atomic E-state index is -0.0282. The van der Waals surface area contributed by atoms with Crippen molar-refractivity contribution in [3.63, 3.8) is 0 Å². The molecule has 2 heterocycles. The molecule has 0 radical (unpaired) electrons. The van der Waals surface area contributed by atoms with Crippen LogP contribution in [0.2, 0.25) is 10.0 Å². The van der Waals surface area contributed by atoms with Gasteiger partial charge < -0.3 is 9.64 Å². The maximum absolute atomic E-state index is 6.84. The molecule has 3 aromatic carbocycles. The number of nitrogens with zero attached hydrogens (tertiary/aromatic N) is 2. The number of amidine groups is 1. The van der Waals surface area contributed by atoms with Gasteiger partial charge in [0.2, 0.25) is 0 Å². The summed E-state index contributed by atoms with van der Waals surface area (Å²) in [6.45, 7) is 0. The third-order valence-corrected chi connectivity index (χ3v) is 8.39. The number of methoxy groups -OCH3 is 1. The summed E-state index contributed by atoms with van der Waals surface area (Å²) in [5.74, 6) is 0.840. The van der Waals surface area contributed by atoms with Gasteiger partial charge in [0.05, 0.1) is 24.5 Å². The summed E-state index contributed by atoms with van der Waals surface area (Å²) < 4.78 is 5.38. The van der Waals surface area contributed by atoms with Crippen LogP contribution in [0.15, 0.2) is 100 Å². The fourth-order valence-electron chi connectivity index (χ4n) is 5.14. The molecule has 2 aliphatic heterocycles. The van der Waals surface area contributed by atoms with E-state index in [1.807, 2.05) is 42.5 Å². The summed E-state index contributed by atoms with van der Waals surface area (Å²) >= 11 is 15.0. The first-order valence-corrected chi connectivity index (χ1v) is 13.6. The van der Waals surface area contributed by atoms with Crippen LogP contribution in [0.4, 0.5) is 0 Å². The van der Waals surface area contributed by atoms with Crippen LogP contribution < -0.4 is 4.74 Å². The van der Waals surface area contributed by atoms with Crippen molar-refractivity contribution in [3.8, 4) is 5.75 Å². The van der Waals surface area contributed by atoms with Crippen molar-refractivity contribution in [2.45, 2.75) is 25.3 Å². The Morgan fingerprint density at radius 2 is 1.69 bits per heavy atom. The van der Waals surface area contributed by atoms with E-state index in [0.29, 0.717) is 0 Å². The lowest BCUT2D eigenvalue weighted by Crippen LogP contribution is -2.35. The van der Waals surface area contributed by atoms with E-state index in [-0.39, 0.29) is 6.04 Å². The highest BCUT2D eigenvalue weighted by Crippen LogP contribution is 2.52. The van der Waals surface area contributed by atoms with Crippen molar-refractivity contribution in [2.75, 3.05) is 7.11 Å². The van der Waals surface area contributed by atoms with Gasteiger partial charge in [0.1, 0.15) is 5.75 Å². The zero-order valence-corrected chi connectivity index (χ0v) is 22.1. The molecule has 0 bridgehead atoms. The quantitative estimate of drug-likeness (QED) is 0.336. The molecule has 1 atom stereocenters. The van der Waals surface area contributed by atoms with Crippen LogP contribution in [0.25, 0.3) is 11.8 Å². The van der Waals surface area contributed by atoms with Crippen molar-refractivity contribution in [3.05, 3.63) is 122 Å². The van der Waals surface area contributed by atoms with Crippen molar-refractivity contribution < 1.29 is 4.74 Å². The van der Waals surface area contributed by atoms with Gasteiger partial charge in [-0.2, -0.15) is 0 Å². The number of hydrogen-bond donors (Lipinski definition) is 0. The third-order valence-electron chi connectivity index (χ3n) is 6.86. The summed E-state index contributed by atoms with van der Waals surface area (Å²) in [5.41, 5.74) is 7.98. The van der Waals surface area contributed by atoms with Gasteiger partial charge in [0, 0.05) is 15.5 Å². The van der Waals surface area contributed by atoms with Crippen LogP contribution in [0.3, 0.4) is 0 Å². The molecule has 0 fully saturated rings. The second kappa shape index (κ2) is 9.85. The monoisotopic (exact) mass is 530 g/mol. The van der Waals surface area contributed by atoms with Crippen LogP contribution in [0.5, 0.6) is 5.75 Å². The Morgan fingerprint density at radius 1 is 0.944 bits per heavy atom. The molecular formula is C30H24Cl2N2OS. The number of halogens is 2. The molecular weight excluding hydrogens is 507 g/mol. The lowest BCUT2D eigenvalue weighted by Gasteiger charge is -2.40. The number of thioether (sulfide) groups is 1. The van der Waals surface area contributed by atoms with Gasteiger partial charge in [0.25, 0.3) is 0 Å². The number of fused-ring (bicyclic) bond motifs is 1. The first-order valence-electron chi connectivity index (χ1n) is 12.0. The summed E-state index contributed by atoms with van der Waals surface area (Å²) in [6.07, 6.45) is 5.21. The van der Waals surface area contributed by atoms with E-state index in [2.05, 4.69) is 46.7 Å². The molecule has 180 valence electrons. The molecule has 0 N–H and O–H groups in total. The number of allylic oxidation sites excluding steroid dienone is 1. The largest absolute Gasteiger partial charge is 0.497 e. The average Bonchev–Trinajstić information content (AvgIpc) is 3.33. The Labute approximate surface area is 225 Å². The summed E-state index contributed by atoms with van der Waals surface area (Å²) in [7, 11) is 1.69. The molecule has 6 heteroatoms. The Bertz CT molecular complexity index is 1460. The second-order valence-electron chi connectivity index (χ2n) is 8.96. The molecule has 36 heavy (non-hydrogen) atoms. The number of rotatable bonds is 4. The van der Waals surface area contributed by atoms with Crippen molar-refractivity contribution >= 4 is 51.9 Å². The lowest BCUT2D eigenvalue weighted by atomic mass is 9.82. The van der Waals surface area contributed by atoms with E-state index in [4.69, 9.17) is 32.9 Å². The van der Waals surface area contributed by atoms with E-state index >= 15 is 0 Å². The molecule has 0 spiro atoms. The van der Waals surface area contributed by atoms with Crippen LogP contribution >= 0.6 is 35.0 Å². The third kappa shape index (κ3) is 4.17. The van der Waals surface area contributed by atoms with E-state index in [0.717, 1.165) is 68.3 Å². The van der Waals surface area contributed by atoms with E-state index in [1.54, 1.807) is 18.9 Å². The van der Waals surface area contributed by atoms with E-state index in [9.17, 15) is 0 Å². The van der Waals surface area contributed by atoms with Gasteiger partial charge in [-0.3, -0.25) is 0 Å². The highest BCUT2D eigenvalue weighted by atomic mass is 35.5. The topological polar surface area (TPSA) is 24.8 Å². The van der Waals surface area contributed by atoms with Crippen LogP contribution in [0.1, 0.15) is 42.0 Å². The minimum absolute atomic E-state index is 0.0282. The van der Waals surface area contributed by atoms with Gasteiger partial charge in [-0.1, -0.05) is 71.4 Å². The zero-order chi connectivity index (χ0) is 24.6. The van der Waals surface area contributed by atoms with Gasteiger partial charge in [-0.25, -0.2) is 4.99 Å². The van der Waals surface area contributed by atoms with E-state index in [1.165, 1.54) is 11.1 Å². The molecule has 0 aromatic heterocycles. The number of ether oxygens (including phenoxy) is 1. The molecule has 0 amide bonds. The maximum Gasteiger partial charge on any atom is 0.174 e. The standard InChI is InChI=1S/C30H24Cl2N2OS/c1-35-22-15-13-19(14-16-22)27-18-36-30-33-28-21(17-20-7-2-4-11-25(20)31)8-6-10-24(28)29(34(27)30)23-9-3-5-12-26(23)32/h2-5,7,9,11-18,29H,6,8,10H2,1H3/b21-17+. The fraction of sp³-hybridized carbons (Fsp3) is 0.167. The van der Waals surface area contributed by atoms with Gasteiger partial charge >= 0.3 is 0 Å². The SMILES string of the molecule is COc1ccc(C2=CSC3=NC4=C(CCC/C4=C\c4ccccc4Cl)C(c4ccccc4Cl)N23)cc1. The Morgan fingerprint density at radius 3 is 2.44 bits per heavy atom. The maximum atomic E-state index is 6.84. The number of hydrogen-bond acceptors (Lipinski definition) is 4. The van der Waals surface area contributed by atoms with Gasteiger partial charge in [-0.05, 0) is 89.6 Å². The molecule has 0 saturated carbocycles. The molecule has 1 unspecified atom stereocenters. The molecule has 3 aliphatic rings. The molecule has 1 aliphatic carbocycles. The Hall–Kier alpha value is -2.92. The fourth-order valence-corrected chi connectivity index (χ4v) is 6.50. The van der Waals surface area contributed by atoms with Crippen molar-refractivity contribution in [1.82, 2.24) is 4.90 Å². The van der Waals surface area contributed by atoms with Gasteiger partial charge in [0.15, 0.2) is 5.17 Å². The second-order valence-corrected chi connectivity index (χ2v) is 10.6. The van der Waals surface area contributed by atoms with Crippen LogP contribution in [-0.2, 0) is 0 Å². The number of aliphatic imine (C=N–C) groups is 1.